The van der Waals surface area contributed by atoms with Gasteiger partial charge in [0.1, 0.15) is 0 Å². The highest BCUT2D eigenvalue weighted by atomic mass is 32.2. The van der Waals surface area contributed by atoms with Gasteiger partial charge in [0.25, 0.3) is 11.6 Å². The maximum absolute atomic E-state index is 12.4. The lowest BCUT2D eigenvalue weighted by Crippen LogP contribution is -2.40. The van der Waals surface area contributed by atoms with Crippen molar-refractivity contribution in [2.75, 3.05) is 32.1 Å². The average molecular weight is 338 g/mol. The van der Waals surface area contributed by atoms with Crippen molar-refractivity contribution in [3.63, 3.8) is 0 Å². The lowest BCUT2D eigenvalue weighted by atomic mass is 10.1. The number of morpholine rings is 1. The van der Waals surface area contributed by atoms with Gasteiger partial charge in [-0.2, -0.15) is 0 Å². The van der Waals surface area contributed by atoms with Crippen LogP contribution in [0.25, 0.3) is 0 Å². The second kappa shape index (κ2) is 8.31. The molecule has 0 aromatic heterocycles. The summed E-state index contributed by atoms with van der Waals surface area (Å²) in [6.45, 7) is 6.32. The van der Waals surface area contributed by atoms with Crippen LogP contribution in [0.2, 0.25) is 0 Å². The first-order valence-corrected chi connectivity index (χ1v) is 8.76. The van der Waals surface area contributed by atoms with Crippen molar-refractivity contribution in [2.45, 2.75) is 25.2 Å². The van der Waals surface area contributed by atoms with Crippen LogP contribution in [-0.2, 0) is 4.74 Å². The van der Waals surface area contributed by atoms with Gasteiger partial charge in [-0.05, 0) is 30.2 Å². The predicted octanol–water partition coefficient (Wildman–Crippen LogP) is 3.21. The van der Waals surface area contributed by atoms with Gasteiger partial charge in [0.15, 0.2) is 0 Å². The molecule has 0 atom stereocenters. The maximum Gasteiger partial charge on any atom is 0.283 e. The molecule has 0 saturated carbocycles. The fourth-order valence-electron chi connectivity index (χ4n) is 2.27. The number of rotatable bonds is 6. The molecule has 1 aromatic carbocycles. The molecule has 126 valence electrons. The minimum absolute atomic E-state index is 0.0119. The summed E-state index contributed by atoms with van der Waals surface area (Å²) in [6.07, 6.45) is 0.996. The van der Waals surface area contributed by atoms with E-state index in [4.69, 9.17) is 4.74 Å². The number of hydrogen-bond acceptors (Lipinski definition) is 5. The van der Waals surface area contributed by atoms with Crippen molar-refractivity contribution in [1.29, 1.82) is 0 Å². The summed E-state index contributed by atoms with van der Waals surface area (Å²) in [5.41, 5.74) is 0.379. The summed E-state index contributed by atoms with van der Waals surface area (Å²) in [5, 5.41) is 11.3. The van der Waals surface area contributed by atoms with E-state index >= 15 is 0 Å². The third-order valence-corrected chi connectivity index (χ3v) is 4.75. The molecule has 7 heteroatoms. The summed E-state index contributed by atoms with van der Waals surface area (Å²) in [5.74, 6) is 1.22. The van der Waals surface area contributed by atoms with Crippen LogP contribution in [0.4, 0.5) is 5.69 Å². The van der Waals surface area contributed by atoms with Crippen molar-refractivity contribution in [2.24, 2.45) is 5.92 Å². The van der Waals surface area contributed by atoms with Crippen molar-refractivity contribution in [1.82, 2.24) is 4.90 Å². The highest BCUT2D eigenvalue weighted by molar-refractivity contribution is 7.99. The van der Waals surface area contributed by atoms with Crippen LogP contribution in [0.3, 0.4) is 0 Å². The quantitative estimate of drug-likeness (QED) is 0.452. The second-order valence-corrected chi connectivity index (χ2v) is 7.01. The van der Waals surface area contributed by atoms with E-state index in [9.17, 15) is 14.9 Å². The third kappa shape index (κ3) is 4.94. The summed E-state index contributed by atoms with van der Waals surface area (Å²) < 4.78 is 5.22. The SMILES string of the molecule is CC(C)CCSc1ccc(C(=O)N2CCOCC2)cc1[N+](=O)[O-]. The lowest BCUT2D eigenvalue weighted by Gasteiger charge is -2.26. The van der Waals surface area contributed by atoms with Crippen LogP contribution in [0.1, 0.15) is 30.6 Å². The molecule has 1 aliphatic heterocycles. The van der Waals surface area contributed by atoms with E-state index in [0.717, 1.165) is 12.2 Å². The van der Waals surface area contributed by atoms with Crippen molar-refractivity contribution in [3.8, 4) is 0 Å². The first-order valence-electron chi connectivity index (χ1n) is 7.77. The molecule has 1 amide bonds. The minimum atomic E-state index is -0.409. The zero-order valence-electron chi connectivity index (χ0n) is 13.5. The Morgan fingerprint density at radius 3 is 2.70 bits per heavy atom. The van der Waals surface area contributed by atoms with E-state index in [-0.39, 0.29) is 11.6 Å². The summed E-state index contributed by atoms with van der Waals surface area (Å²) in [7, 11) is 0. The highest BCUT2D eigenvalue weighted by Gasteiger charge is 2.22. The van der Waals surface area contributed by atoms with Gasteiger partial charge < -0.3 is 9.64 Å². The molecular weight excluding hydrogens is 316 g/mol. The summed E-state index contributed by atoms with van der Waals surface area (Å²) in [6, 6.07) is 4.77. The molecule has 1 heterocycles. The van der Waals surface area contributed by atoms with Gasteiger partial charge in [-0.15, -0.1) is 11.8 Å². The lowest BCUT2D eigenvalue weighted by molar-refractivity contribution is -0.387. The van der Waals surface area contributed by atoms with Crippen LogP contribution in [0, 0.1) is 16.0 Å². The van der Waals surface area contributed by atoms with Crippen molar-refractivity contribution < 1.29 is 14.5 Å². The van der Waals surface area contributed by atoms with E-state index < -0.39 is 4.92 Å². The number of carbonyl (C=O) groups excluding carboxylic acids is 1. The Bertz CT molecular complexity index is 571. The normalized spacial score (nSPS) is 15.0. The van der Waals surface area contributed by atoms with Gasteiger partial charge in [-0.25, -0.2) is 0 Å². The average Bonchev–Trinajstić information content (AvgIpc) is 2.54. The van der Waals surface area contributed by atoms with Gasteiger partial charge in [0.05, 0.1) is 23.0 Å². The molecule has 1 saturated heterocycles. The first-order chi connectivity index (χ1) is 11.0. The maximum atomic E-state index is 12.4. The van der Waals surface area contributed by atoms with Crippen LogP contribution >= 0.6 is 11.8 Å². The largest absolute Gasteiger partial charge is 0.378 e. The topological polar surface area (TPSA) is 72.7 Å². The number of amides is 1. The number of nitro benzene ring substituents is 1. The van der Waals surface area contributed by atoms with E-state index in [2.05, 4.69) is 13.8 Å². The molecule has 1 fully saturated rings. The summed E-state index contributed by atoms with van der Waals surface area (Å²) in [4.78, 5) is 25.6. The number of nitrogens with zero attached hydrogens (tertiary/aromatic N) is 2. The Hall–Kier alpha value is -1.60. The molecular formula is C16H22N2O4S. The number of hydrogen-bond donors (Lipinski definition) is 0. The highest BCUT2D eigenvalue weighted by Crippen LogP contribution is 2.31. The molecule has 1 aromatic rings. The molecule has 0 bridgehead atoms. The monoisotopic (exact) mass is 338 g/mol. The fourth-order valence-corrected chi connectivity index (χ4v) is 3.52. The van der Waals surface area contributed by atoms with Crippen molar-refractivity contribution >= 4 is 23.4 Å². The Morgan fingerprint density at radius 1 is 1.39 bits per heavy atom. The summed E-state index contributed by atoms with van der Waals surface area (Å²) >= 11 is 1.47. The molecule has 0 aliphatic carbocycles. The van der Waals surface area contributed by atoms with Crippen LogP contribution in [-0.4, -0.2) is 47.8 Å². The number of benzene rings is 1. The standard InChI is InChI=1S/C16H22N2O4S/c1-12(2)5-10-23-15-4-3-13(11-14(15)18(20)21)16(19)17-6-8-22-9-7-17/h3-4,11-12H,5-10H2,1-2H3. The van der Waals surface area contributed by atoms with Gasteiger partial charge in [-0.3, -0.25) is 14.9 Å². The molecule has 1 aliphatic rings. The third-order valence-electron chi connectivity index (χ3n) is 3.65. The fraction of sp³-hybridized carbons (Fsp3) is 0.562. The molecule has 0 N–H and O–H groups in total. The minimum Gasteiger partial charge on any atom is -0.378 e. The van der Waals surface area contributed by atoms with Gasteiger partial charge in [0, 0.05) is 24.7 Å². The van der Waals surface area contributed by atoms with Crippen LogP contribution in [0.15, 0.2) is 23.1 Å². The molecule has 0 unspecified atom stereocenters. The molecule has 2 rings (SSSR count). The molecule has 0 radical (unpaired) electrons. The van der Waals surface area contributed by atoms with Crippen molar-refractivity contribution in [3.05, 3.63) is 33.9 Å². The Morgan fingerprint density at radius 2 is 2.09 bits per heavy atom. The van der Waals surface area contributed by atoms with Gasteiger partial charge in [0.2, 0.25) is 0 Å². The Kier molecular flexibility index (Phi) is 6.41. The van der Waals surface area contributed by atoms with Crippen LogP contribution < -0.4 is 0 Å². The van der Waals surface area contributed by atoms with Gasteiger partial charge in [-0.1, -0.05) is 13.8 Å². The number of nitro groups is 1. The number of ether oxygens (including phenoxy) is 1. The number of carbonyl (C=O) groups is 1. The van der Waals surface area contributed by atoms with E-state index in [0.29, 0.717) is 42.7 Å². The van der Waals surface area contributed by atoms with E-state index in [1.54, 1.807) is 17.0 Å². The number of thioether (sulfide) groups is 1. The predicted molar refractivity (Wildman–Crippen MR) is 90.0 cm³/mol. The molecule has 6 nitrogen and oxygen atoms in total. The first kappa shape index (κ1) is 17.7. The Balaban J connectivity index is 2.14. The molecule has 0 spiro atoms. The van der Waals surface area contributed by atoms with E-state index in [1.165, 1.54) is 17.8 Å². The Labute approximate surface area is 140 Å². The van der Waals surface area contributed by atoms with Crippen LogP contribution in [0.5, 0.6) is 0 Å². The smallest absolute Gasteiger partial charge is 0.283 e. The zero-order chi connectivity index (χ0) is 16.8. The molecule has 23 heavy (non-hydrogen) atoms. The van der Waals surface area contributed by atoms with E-state index in [1.807, 2.05) is 0 Å². The zero-order valence-corrected chi connectivity index (χ0v) is 14.3. The second-order valence-electron chi connectivity index (χ2n) is 5.88. The van der Waals surface area contributed by atoms with Gasteiger partial charge >= 0.3 is 0 Å².